The normalized spacial score (nSPS) is 14.4. The van der Waals surface area contributed by atoms with Gasteiger partial charge in [-0.2, -0.15) is 0 Å². The van der Waals surface area contributed by atoms with Gasteiger partial charge >= 0.3 is 5.97 Å². The molecule has 1 aliphatic heterocycles. The maximum absolute atomic E-state index is 12.0. The number of carbonyl (C=O) groups is 2. The van der Waals surface area contributed by atoms with E-state index in [0.717, 1.165) is 5.56 Å². The lowest BCUT2D eigenvalue weighted by Gasteiger charge is -2.27. The van der Waals surface area contributed by atoms with Crippen LogP contribution >= 0.6 is 0 Å². The van der Waals surface area contributed by atoms with E-state index in [1.165, 1.54) is 12.0 Å². The number of aliphatic carboxylic acids is 1. The van der Waals surface area contributed by atoms with Crippen molar-refractivity contribution in [2.24, 2.45) is 0 Å². The van der Waals surface area contributed by atoms with Gasteiger partial charge in [0.1, 0.15) is 12.3 Å². The molecule has 0 bridgehead atoms. The maximum atomic E-state index is 12.0. The van der Waals surface area contributed by atoms with Gasteiger partial charge in [0.2, 0.25) is 0 Å². The molecule has 0 fully saturated rings. The van der Waals surface area contributed by atoms with Crippen LogP contribution in [0, 0.1) is 0 Å². The number of hydrogen-bond acceptors (Lipinski definition) is 3. The second kappa shape index (κ2) is 4.45. The number of hydrogen-bond donors (Lipinski definition) is 1. The van der Waals surface area contributed by atoms with E-state index in [4.69, 9.17) is 9.84 Å². The van der Waals surface area contributed by atoms with Crippen molar-refractivity contribution in [1.82, 2.24) is 4.90 Å². The molecule has 1 aromatic carbocycles. The molecule has 0 aliphatic carbocycles. The number of benzene rings is 1. The van der Waals surface area contributed by atoms with Gasteiger partial charge in [-0.05, 0) is 24.1 Å². The molecular formula is C12H13NO4. The summed E-state index contributed by atoms with van der Waals surface area (Å²) in [5.74, 6) is -0.633. The molecule has 0 saturated carbocycles. The van der Waals surface area contributed by atoms with Crippen molar-refractivity contribution in [3.8, 4) is 5.75 Å². The summed E-state index contributed by atoms with van der Waals surface area (Å²) in [5.41, 5.74) is 1.48. The Kier molecular flexibility index (Phi) is 2.99. The highest BCUT2D eigenvalue weighted by atomic mass is 16.5. The topological polar surface area (TPSA) is 66.8 Å². The fourth-order valence-electron chi connectivity index (χ4n) is 1.94. The Morgan fingerprint density at radius 1 is 1.53 bits per heavy atom. The van der Waals surface area contributed by atoms with Gasteiger partial charge in [0.05, 0.1) is 7.11 Å². The minimum Gasteiger partial charge on any atom is -0.497 e. The van der Waals surface area contributed by atoms with E-state index in [2.05, 4.69) is 0 Å². The second-order valence-electron chi connectivity index (χ2n) is 3.89. The third kappa shape index (κ3) is 2.22. The predicted molar refractivity (Wildman–Crippen MR) is 60.2 cm³/mol. The molecule has 0 radical (unpaired) electrons. The Hall–Kier alpha value is -2.04. The van der Waals surface area contributed by atoms with E-state index in [0.29, 0.717) is 24.3 Å². The first-order valence-corrected chi connectivity index (χ1v) is 5.30. The van der Waals surface area contributed by atoms with Crippen LogP contribution in [-0.2, 0) is 11.2 Å². The van der Waals surface area contributed by atoms with Crippen molar-refractivity contribution in [3.05, 3.63) is 29.3 Å². The molecule has 5 nitrogen and oxygen atoms in total. The highest BCUT2D eigenvalue weighted by molar-refractivity contribution is 5.98. The fourth-order valence-corrected chi connectivity index (χ4v) is 1.94. The summed E-state index contributed by atoms with van der Waals surface area (Å²) in [4.78, 5) is 24.0. The maximum Gasteiger partial charge on any atom is 0.323 e. The first kappa shape index (κ1) is 11.4. The number of carbonyl (C=O) groups excluding carboxylic acids is 1. The van der Waals surface area contributed by atoms with Crippen molar-refractivity contribution >= 4 is 11.9 Å². The monoisotopic (exact) mass is 235 g/mol. The third-order valence-corrected chi connectivity index (χ3v) is 2.81. The van der Waals surface area contributed by atoms with Crippen LogP contribution in [-0.4, -0.2) is 42.1 Å². The second-order valence-corrected chi connectivity index (χ2v) is 3.89. The summed E-state index contributed by atoms with van der Waals surface area (Å²) in [5, 5.41) is 8.71. The van der Waals surface area contributed by atoms with E-state index in [-0.39, 0.29) is 12.5 Å². The molecule has 0 unspecified atom stereocenters. The molecule has 1 heterocycles. The lowest BCUT2D eigenvalue weighted by molar-refractivity contribution is -0.137. The number of carboxylic acid groups (broad SMARTS) is 1. The fraction of sp³-hybridized carbons (Fsp3) is 0.333. The molecule has 2 rings (SSSR count). The van der Waals surface area contributed by atoms with Gasteiger partial charge in [-0.1, -0.05) is 6.07 Å². The van der Waals surface area contributed by atoms with Gasteiger partial charge in [0.15, 0.2) is 0 Å². The molecule has 90 valence electrons. The average molecular weight is 235 g/mol. The van der Waals surface area contributed by atoms with Crippen LogP contribution < -0.4 is 4.74 Å². The van der Waals surface area contributed by atoms with Gasteiger partial charge in [-0.15, -0.1) is 0 Å². The molecule has 17 heavy (non-hydrogen) atoms. The highest BCUT2D eigenvalue weighted by Gasteiger charge is 2.25. The number of ether oxygens (including phenoxy) is 1. The first-order valence-electron chi connectivity index (χ1n) is 5.30. The van der Waals surface area contributed by atoms with E-state index in [1.54, 1.807) is 12.1 Å². The van der Waals surface area contributed by atoms with Crippen LogP contribution in [0.15, 0.2) is 18.2 Å². The molecule has 0 atom stereocenters. The summed E-state index contributed by atoms with van der Waals surface area (Å²) in [6, 6.07) is 5.31. The summed E-state index contributed by atoms with van der Waals surface area (Å²) < 4.78 is 5.06. The Morgan fingerprint density at radius 2 is 2.29 bits per heavy atom. The zero-order chi connectivity index (χ0) is 12.4. The number of nitrogens with zero attached hydrogens (tertiary/aromatic N) is 1. The highest BCUT2D eigenvalue weighted by Crippen LogP contribution is 2.23. The predicted octanol–water partition coefficient (Wildman–Crippen LogP) is 0.778. The zero-order valence-electron chi connectivity index (χ0n) is 9.47. The van der Waals surface area contributed by atoms with Crippen LogP contribution in [0.25, 0.3) is 0 Å². The molecule has 0 spiro atoms. The van der Waals surface area contributed by atoms with Crippen molar-refractivity contribution < 1.29 is 19.4 Å². The van der Waals surface area contributed by atoms with E-state index >= 15 is 0 Å². The molecule has 1 amide bonds. The SMILES string of the molecule is COc1ccc2c(c1)C(=O)N(CC(=O)O)CC2. The number of fused-ring (bicyclic) bond motifs is 1. The number of rotatable bonds is 3. The Balaban J connectivity index is 2.30. The van der Waals surface area contributed by atoms with Crippen molar-refractivity contribution in [1.29, 1.82) is 0 Å². The summed E-state index contributed by atoms with van der Waals surface area (Å²) in [7, 11) is 1.53. The Morgan fingerprint density at radius 3 is 2.94 bits per heavy atom. The molecule has 5 heteroatoms. The number of amides is 1. The van der Waals surface area contributed by atoms with Crippen LogP contribution in [0.4, 0.5) is 0 Å². The van der Waals surface area contributed by atoms with Crippen LogP contribution in [0.2, 0.25) is 0 Å². The molecule has 1 aromatic rings. The van der Waals surface area contributed by atoms with Gasteiger partial charge in [0, 0.05) is 12.1 Å². The smallest absolute Gasteiger partial charge is 0.323 e. The van der Waals surface area contributed by atoms with Crippen LogP contribution in [0.3, 0.4) is 0 Å². The average Bonchev–Trinajstić information content (AvgIpc) is 2.32. The zero-order valence-corrected chi connectivity index (χ0v) is 9.47. The lowest BCUT2D eigenvalue weighted by Crippen LogP contribution is -2.40. The molecule has 1 aliphatic rings. The molecular weight excluding hydrogens is 222 g/mol. The van der Waals surface area contributed by atoms with Gasteiger partial charge in [-0.25, -0.2) is 0 Å². The molecule has 0 saturated heterocycles. The standard InChI is InChI=1S/C12H13NO4/c1-17-9-3-2-8-4-5-13(7-11(14)15)12(16)10(8)6-9/h2-3,6H,4-5,7H2,1H3,(H,14,15). The van der Waals surface area contributed by atoms with Crippen molar-refractivity contribution in [2.75, 3.05) is 20.2 Å². The minimum atomic E-state index is -0.996. The summed E-state index contributed by atoms with van der Waals surface area (Å²) >= 11 is 0. The quantitative estimate of drug-likeness (QED) is 0.840. The van der Waals surface area contributed by atoms with Gasteiger partial charge < -0.3 is 14.7 Å². The third-order valence-electron chi connectivity index (χ3n) is 2.81. The van der Waals surface area contributed by atoms with Gasteiger partial charge in [0.25, 0.3) is 5.91 Å². The Labute approximate surface area is 98.6 Å². The van der Waals surface area contributed by atoms with Crippen LogP contribution in [0.5, 0.6) is 5.75 Å². The van der Waals surface area contributed by atoms with Crippen molar-refractivity contribution in [3.63, 3.8) is 0 Å². The summed E-state index contributed by atoms with van der Waals surface area (Å²) in [6.45, 7) is 0.194. The summed E-state index contributed by atoms with van der Waals surface area (Å²) in [6.07, 6.45) is 0.679. The minimum absolute atomic E-state index is 0.243. The molecule has 0 aromatic heterocycles. The first-order chi connectivity index (χ1) is 8.11. The lowest BCUT2D eigenvalue weighted by atomic mass is 9.99. The van der Waals surface area contributed by atoms with Gasteiger partial charge in [-0.3, -0.25) is 9.59 Å². The van der Waals surface area contributed by atoms with Crippen LogP contribution in [0.1, 0.15) is 15.9 Å². The number of carboxylic acids is 1. The van der Waals surface area contributed by atoms with E-state index < -0.39 is 5.97 Å². The largest absolute Gasteiger partial charge is 0.497 e. The van der Waals surface area contributed by atoms with E-state index in [9.17, 15) is 9.59 Å². The van der Waals surface area contributed by atoms with Crippen molar-refractivity contribution in [2.45, 2.75) is 6.42 Å². The number of methoxy groups -OCH3 is 1. The van der Waals surface area contributed by atoms with E-state index in [1.807, 2.05) is 6.07 Å². The Bertz CT molecular complexity index is 470. The molecule has 1 N–H and O–H groups in total.